The number of ether oxygens (including phenoxy) is 1. The van der Waals surface area contributed by atoms with Gasteiger partial charge in [0.25, 0.3) is 0 Å². The number of urea groups is 2. The molecule has 24 nitrogen and oxygen atoms in total. The number of rotatable bonds is 8. The van der Waals surface area contributed by atoms with E-state index in [2.05, 4.69) is 24.5 Å². The summed E-state index contributed by atoms with van der Waals surface area (Å²) in [7, 11) is -9.61. The zero-order valence-corrected chi connectivity index (χ0v) is 36.6. The lowest BCUT2D eigenvalue weighted by Crippen LogP contribution is -2.58. The summed E-state index contributed by atoms with van der Waals surface area (Å²) in [5.41, 5.74) is -0.574. The number of carboxylic acid groups (broad SMARTS) is 1. The molecule has 8 aliphatic rings. The van der Waals surface area contributed by atoms with Crippen LogP contribution in [0.15, 0.2) is 0 Å². The number of amides is 7. The van der Waals surface area contributed by atoms with Gasteiger partial charge in [-0.3, -0.25) is 18.7 Å². The van der Waals surface area contributed by atoms with Gasteiger partial charge >= 0.3 is 51.1 Å². The van der Waals surface area contributed by atoms with Crippen molar-refractivity contribution in [2.45, 2.75) is 120 Å². The largest absolute Gasteiger partial charge is 0.490 e. The molecule has 7 amide bonds. The maximum atomic E-state index is 13.1. The summed E-state index contributed by atoms with van der Waals surface area (Å²) in [5, 5.41) is 18.0. The number of hydrogen-bond donors (Lipinski definition) is 6. The molecule has 8 atom stereocenters. The molecule has 6 heterocycles. The topological polar surface area (TPSA) is 311 Å². The molecule has 8 bridgehead atoms. The molecule has 0 aromatic rings. The molecule has 2 saturated carbocycles. The van der Waals surface area contributed by atoms with E-state index in [9.17, 15) is 54.0 Å². The summed E-state index contributed by atoms with van der Waals surface area (Å²) in [6.07, 6.45) is 0.143. The highest BCUT2D eigenvalue weighted by Gasteiger charge is 2.53. The van der Waals surface area contributed by atoms with Crippen molar-refractivity contribution in [1.29, 1.82) is 0 Å². The quantitative estimate of drug-likeness (QED) is 0.180. The Morgan fingerprint density at radius 2 is 1.03 bits per heavy atom. The van der Waals surface area contributed by atoms with Crippen molar-refractivity contribution in [3.8, 4) is 0 Å². The second kappa shape index (κ2) is 18.5. The van der Waals surface area contributed by atoms with E-state index in [0.29, 0.717) is 60.7 Å². The van der Waals surface area contributed by atoms with E-state index in [1.165, 1.54) is 9.80 Å². The minimum Gasteiger partial charge on any atom is -0.475 e. The lowest BCUT2D eigenvalue weighted by atomic mass is 9.91. The third-order valence-electron chi connectivity index (χ3n) is 12.7. The van der Waals surface area contributed by atoms with Crippen LogP contribution in [0, 0.1) is 23.7 Å². The Bertz CT molecular complexity index is 2030. The third kappa shape index (κ3) is 11.6. The number of fused-ring (bicyclic) bond motifs is 8. The van der Waals surface area contributed by atoms with Gasteiger partial charge in [-0.15, -0.1) is 8.57 Å². The number of nitrogens with zero attached hydrogens (tertiary/aromatic N) is 5. The Morgan fingerprint density at radius 1 is 0.656 bits per heavy atom. The molecule has 6 saturated heterocycles. The van der Waals surface area contributed by atoms with Gasteiger partial charge in [-0.25, -0.2) is 19.2 Å². The zero-order chi connectivity index (χ0) is 47.3. The van der Waals surface area contributed by atoms with Crippen LogP contribution in [0.4, 0.5) is 27.6 Å². The second-order valence-corrected chi connectivity index (χ2v) is 20.1. The predicted octanol–water partition coefficient (Wildman–Crippen LogP) is 0.488. The number of halogens is 3. The first-order valence-electron chi connectivity index (χ1n) is 20.7. The Labute approximate surface area is 366 Å². The Kier molecular flexibility index (Phi) is 14.2. The lowest BCUT2D eigenvalue weighted by molar-refractivity contribution is -0.192. The standard InChI is InChI=1S/C19H30N4O8S.C14H22N4O6S.C2HF3O2/c1-19(2,3)30-18(26)21-8-11-4-5-12(9-21)15(11)20-16(24)14-7-6-13-10-22(14)17(25)23(13)31-32(27,28)29;19-13(16-12-8-1-2-9(12)6-15-5-8)11-4-3-10-7-17(11)14(20)18(10)24-25(21,22)23;3-2(4,5)1(6)7/h11-15H,4-10H2,1-3H3,(H,20,24)(H,27,28,29);8-12,15H,1-7H2,(H,16,19)(H,21,22,23);(H,6,7)/t11?,12?,13-,14+,15?;8?,9?,10-,11+,12?;/m11./s1. The first kappa shape index (κ1) is 49.2. The molecule has 0 aromatic carbocycles. The maximum absolute atomic E-state index is 13.1. The number of nitrogens with one attached hydrogen (secondary N) is 3. The smallest absolute Gasteiger partial charge is 0.475 e. The number of alkyl halides is 3. The van der Waals surface area contributed by atoms with Crippen LogP contribution < -0.4 is 16.0 Å². The van der Waals surface area contributed by atoms with Gasteiger partial charge in [0.05, 0.1) is 12.1 Å². The number of carboxylic acids is 1. The summed E-state index contributed by atoms with van der Waals surface area (Å²) in [4.78, 5) is 76.4. The van der Waals surface area contributed by atoms with Crippen molar-refractivity contribution in [2.24, 2.45) is 23.7 Å². The van der Waals surface area contributed by atoms with E-state index >= 15 is 0 Å². The van der Waals surface area contributed by atoms with Gasteiger partial charge in [-0.2, -0.15) is 40.1 Å². The zero-order valence-electron chi connectivity index (χ0n) is 35.0. The van der Waals surface area contributed by atoms with Crippen LogP contribution >= 0.6 is 0 Å². The minimum absolute atomic E-state index is 0.0956. The van der Waals surface area contributed by atoms with Crippen LogP contribution in [0.3, 0.4) is 0 Å². The van der Waals surface area contributed by atoms with Gasteiger partial charge in [-0.1, -0.05) is 0 Å². The summed E-state index contributed by atoms with van der Waals surface area (Å²) in [6.45, 7) is 8.62. The fourth-order valence-electron chi connectivity index (χ4n) is 9.98. The number of carbonyl (C=O) groups excluding carboxylic acids is 5. The third-order valence-corrected chi connectivity index (χ3v) is 13.4. The first-order valence-corrected chi connectivity index (χ1v) is 23.5. The molecule has 2 aliphatic carbocycles. The van der Waals surface area contributed by atoms with Gasteiger partial charge < -0.3 is 40.5 Å². The number of piperidine rings is 4. The lowest BCUT2D eigenvalue weighted by Gasteiger charge is -2.40. The van der Waals surface area contributed by atoms with Crippen LogP contribution in [0.25, 0.3) is 0 Å². The highest BCUT2D eigenvalue weighted by atomic mass is 32.3. The molecule has 6 aliphatic heterocycles. The molecule has 8 rings (SSSR count). The summed E-state index contributed by atoms with van der Waals surface area (Å²) >= 11 is 0. The van der Waals surface area contributed by atoms with E-state index in [1.807, 2.05) is 20.8 Å². The van der Waals surface area contributed by atoms with E-state index in [1.54, 1.807) is 4.90 Å². The molecule has 0 spiro atoms. The average molecular weight is 963 g/mol. The normalized spacial score (nSPS) is 32.0. The summed E-state index contributed by atoms with van der Waals surface area (Å²) in [5.74, 6) is -2.18. The monoisotopic (exact) mass is 962 g/mol. The molecule has 29 heteroatoms. The number of aliphatic carboxylic acids is 1. The Balaban J connectivity index is 0.000000189. The van der Waals surface area contributed by atoms with E-state index < -0.39 is 74.8 Å². The number of carbonyl (C=O) groups is 6. The molecule has 362 valence electrons. The van der Waals surface area contributed by atoms with Gasteiger partial charge in [-0.05, 0) is 109 Å². The molecule has 0 aromatic heterocycles. The molecule has 0 radical (unpaired) electrons. The van der Waals surface area contributed by atoms with Gasteiger partial charge in [0.2, 0.25) is 11.8 Å². The van der Waals surface area contributed by atoms with Gasteiger partial charge in [0.15, 0.2) is 0 Å². The van der Waals surface area contributed by atoms with Crippen molar-refractivity contribution >= 4 is 56.7 Å². The summed E-state index contributed by atoms with van der Waals surface area (Å²) in [6, 6.07) is -3.81. The number of hydroxylamine groups is 4. The molecule has 64 heavy (non-hydrogen) atoms. The maximum Gasteiger partial charge on any atom is 0.490 e. The molecule has 8 fully saturated rings. The fraction of sp³-hybridized carbons (Fsp3) is 0.829. The highest BCUT2D eigenvalue weighted by Crippen LogP contribution is 2.39. The van der Waals surface area contributed by atoms with Gasteiger partial charge in [0, 0.05) is 38.3 Å². The van der Waals surface area contributed by atoms with Crippen LogP contribution in [0.5, 0.6) is 0 Å². The van der Waals surface area contributed by atoms with Crippen LogP contribution in [-0.4, -0.2) is 179 Å². The van der Waals surface area contributed by atoms with Crippen molar-refractivity contribution in [2.75, 3.05) is 39.3 Å². The van der Waals surface area contributed by atoms with E-state index in [0.717, 1.165) is 38.8 Å². The molecule has 4 unspecified atom stereocenters. The van der Waals surface area contributed by atoms with Crippen molar-refractivity contribution in [1.82, 2.24) is 40.8 Å². The molecule has 6 N–H and O–H groups in total. The predicted molar refractivity (Wildman–Crippen MR) is 207 cm³/mol. The number of hydrogen-bond acceptors (Lipinski definition) is 14. The Hall–Kier alpha value is -4.29. The van der Waals surface area contributed by atoms with Crippen molar-refractivity contribution in [3.63, 3.8) is 0 Å². The fourth-order valence-corrected chi connectivity index (χ4v) is 10.8. The SMILES string of the molecule is CC(C)(C)OC(=O)N1CC2CCC(C1)C2NC(=O)[C@@H]1CC[C@@H]2CN1C(=O)N2OS(=O)(=O)O.O=C(NC1C2CCC1CNC2)[C@@H]1CC[C@@H]2CN1C(=O)N2OS(=O)(=O)O.O=C(O)C(F)(F)F. The van der Waals surface area contributed by atoms with E-state index in [4.69, 9.17) is 23.7 Å². The number of likely N-dealkylation sites (tertiary alicyclic amines) is 1. The van der Waals surface area contributed by atoms with E-state index in [-0.39, 0.29) is 54.9 Å². The first-order chi connectivity index (χ1) is 29.6. The van der Waals surface area contributed by atoms with Crippen molar-refractivity contribution < 1.29 is 86.3 Å². The average Bonchev–Trinajstić information content (AvgIpc) is 3.71. The van der Waals surface area contributed by atoms with Gasteiger partial charge in [0.1, 0.15) is 17.7 Å². The highest BCUT2D eigenvalue weighted by molar-refractivity contribution is 7.81. The second-order valence-electron chi connectivity index (χ2n) is 18.1. The summed E-state index contributed by atoms with van der Waals surface area (Å²) < 4.78 is 108. The minimum atomic E-state index is -5.08. The Morgan fingerprint density at radius 3 is 1.39 bits per heavy atom. The van der Waals surface area contributed by atoms with Crippen LogP contribution in [0.1, 0.15) is 72.1 Å². The van der Waals surface area contributed by atoms with Crippen molar-refractivity contribution in [3.05, 3.63) is 0 Å². The van der Waals surface area contributed by atoms with Crippen LogP contribution in [-0.2, 0) is 48.5 Å². The molecular weight excluding hydrogens is 910 g/mol. The van der Waals surface area contributed by atoms with Crippen LogP contribution in [0.2, 0.25) is 0 Å². The molecular formula is C35H53F3N8O16S2.